The zero-order chi connectivity index (χ0) is 7.40. The third-order valence-electron chi connectivity index (χ3n) is 1.20. The van der Waals surface area contributed by atoms with E-state index >= 15 is 0 Å². The summed E-state index contributed by atoms with van der Waals surface area (Å²) in [5, 5.41) is 2.14. The van der Waals surface area contributed by atoms with E-state index < -0.39 is 0 Å². The number of thiophene rings is 1. The van der Waals surface area contributed by atoms with Gasteiger partial charge in [-0.15, -0.1) is 11.3 Å². The van der Waals surface area contributed by atoms with Crippen LogP contribution in [-0.2, 0) is 5.75 Å². The molecule has 1 rings (SSSR count). The Morgan fingerprint density at radius 2 is 2.60 bits per heavy atom. The van der Waals surface area contributed by atoms with Crippen molar-refractivity contribution in [2.75, 3.05) is 6.26 Å². The number of hydrogen-bond acceptors (Lipinski definition) is 2. The lowest BCUT2D eigenvalue weighted by atomic mass is 10.3. The van der Waals surface area contributed by atoms with Crippen LogP contribution in [0, 0.1) is 0 Å². The summed E-state index contributed by atoms with van der Waals surface area (Å²) < 4.78 is 0. The van der Waals surface area contributed by atoms with E-state index in [1.54, 1.807) is 11.3 Å². The lowest BCUT2D eigenvalue weighted by Gasteiger charge is -1.86. The molecule has 2 heteroatoms. The molecule has 0 nitrogen and oxygen atoms in total. The predicted molar refractivity (Wildman–Crippen MR) is 51.6 cm³/mol. The summed E-state index contributed by atoms with van der Waals surface area (Å²) in [6.45, 7) is 3.70. The topological polar surface area (TPSA) is 0 Å². The van der Waals surface area contributed by atoms with Gasteiger partial charge in [0.25, 0.3) is 0 Å². The lowest BCUT2D eigenvalue weighted by molar-refractivity contribution is 1.55. The van der Waals surface area contributed by atoms with E-state index in [9.17, 15) is 0 Å². The van der Waals surface area contributed by atoms with E-state index in [4.69, 9.17) is 0 Å². The second kappa shape index (κ2) is 3.84. The van der Waals surface area contributed by atoms with E-state index in [0.29, 0.717) is 0 Å². The minimum atomic E-state index is 1.12. The molecule has 0 aliphatic rings. The third kappa shape index (κ3) is 1.89. The Morgan fingerprint density at radius 1 is 1.80 bits per heavy atom. The molecule has 54 valence electrons. The molecule has 0 N–H and O–H groups in total. The summed E-state index contributed by atoms with van der Waals surface area (Å²) in [7, 11) is 0. The number of hydrogen-bond donors (Lipinski definition) is 0. The van der Waals surface area contributed by atoms with Crippen LogP contribution in [-0.4, -0.2) is 6.26 Å². The van der Waals surface area contributed by atoms with Crippen molar-refractivity contribution in [3.8, 4) is 0 Å². The molecule has 0 amide bonds. The van der Waals surface area contributed by atoms with Gasteiger partial charge in [-0.3, -0.25) is 0 Å². The van der Waals surface area contributed by atoms with E-state index in [1.165, 1.54) is 10.4 Å². The quantitative estimate of drug-likeness (QED) is 0.671. The molecule has 0 aliphatic carbocycles. The number of thioether (sulfide) groups is 1. The van der Waals surface area contributed by atoms with Gasteiger partial charge in [0, 0.05) is 10.6 Å². The first-order valence-corrected chi connectivity index (χ1v) is 5.33. The first kappa shape index (κ1) is 7.89. The van der Waals surface area contributed by atoms with Gasteiger partial charge < -0.3 is 0 Å². The van der Waals surface area contributed by atoms with Crippen molar-refractivity contribution >= 4 is 29.2 Å². The van der Waals surface area contributed by atoms with E-state index in [2.05, 4.69) is 24.3 Å². The number of rotatable bonds is 3. The lowest BCUT2D eigenvalue weighted by Crippen LogP contribution is -1.67. The Hall–Kier alpha value is -0.210. The molecule has 1 heterocycles. The summed E-state index contributed by atoms with van der Waals surface area (Å²) in [6.07, 6.45) is 4.01. The Balaban J connectivity index is 2.68. The molecule has 0 unspecified atom stereocenters. The zero-order valence-corrected chi connectivity index (χ0v) is 7.60. The molecule has 0 aliphatic heterocycles. The Morgan fingerprint density at radius 3 is 3.10 bits per heavy atom. The van der Waals surface area contributed by atoms with Crippen molar-refractivity contribution in [1.29, 1.82) is 0 Å². The Labute approximate surface area is 70.0 Å². The standard InChI is InChI=1S/C8H10S2/c1-3-7-4-8(6-9-2)10-5-7/h3-5H,1,6H2,2H3. The molecule has 1 aromatic rings. The van der Waals surface area contributed by atoms with Crippen molar-refractivity contribution < 1.29 is 0 Å². The fourth-order valence-electron chi connectivity index (χ4n) is 0.723. The predicted octanol–water partition coefficient (Wildman–Crippen LogP) is 3.25. The largest absolute Gasteiger partial charge is 0.160 e. The van der Waals surface area contributed by atoms with Crippen LogP contribution >= 0.6 is 23.1 Å². The van der Waals surface area contributed by atoms with Gasteiger partial charge in [0.1, 0.15) is 0 Å². The highest BCUT2D eigenvalue weighted by Crippen LogP contribution is 2.19. The maximum Gasteiger partial charge on any atom is 0.0276 e. The van der Waals surface area contributed by atoms with Crippen LogP contribution in [0.25, 0.3) is 6.08 Å². The highest BCUT2D eigenvalue weighted by Gasteiger charge is 1.94. The second-order valence-electron chi connectivity index (χ2n) is 1.98. The molecule has 1 aromatic heterocycles. The molecule has 0 bridgehead atoms. The van der Waals surface area contributed by atoms with E-state index in [-0.39, 0.29) is 0 Å². The van der Waals surface area contributed by atoms with Crippen LogP contribution in [0.15, 0.2) is 18.0 Å². The molecule has 0 atom stereocenters. The summed E-state index contributed by atoms with van der Waals surface area (Å²) in [6, 6.07) is 2.19. The fourth-order valence-corrected chi connectivity index (χ4v) is 2.37. The van der Waals surface area contributed by atoms with Crippen molar-refractivity contribution in [2.24, 2.45) is 0 Å². The van der Waals surface area contributed by atoms with Gasteiger partial charge in [-0.1, -0.05) is 12.7 Å². The second-order valence-corrected chi connectivity index (χ2v) is 3.85. The normalized spacial score (nSPS) is 9.70. The maximum absolute atomic E-state index is 3.70. The highest BCUT2D eigenvalue weighted by molar-refractivity contribution is 7.97. The Bertz CT molecular complexity index is 213. The van der Waals surface area contributed by atoms with Crippen LogP contribution in [0.3, 0.4) is 0 Å². The molecule has 0 saturated heterocycles. The fraction of sp³-hybridized carbons (Fsp3) is 0.250. The van der Waals surface area contributed by atoms with Gasteiger partial charge >= 0.3 is 0 Å². The molecule has 0 spiro atoms. The highest BCUT2D eigenvalue weighted by atomic mass is 32.2. The average molecular weight is 170 g/mol. The van der Waals surface area contributed by atoms with Gasteiger partial charge in [-0.25, -0.2) is 0 Å². The van der Waals surface area contributed by atoms with Crippen LogP contribution in [0.1, 0.15) is 10.4 Å². The SMILES string of the molecule is C=Cc1csc(CSC)c1. The zero-order valence-electron chi connectivity index (χ0n) is 5.96. The summed E-state index contributed by atoms with van der Waals surface area (Å²) in [5.74, 6) is 1.12. The van der Waals surface area contributed by atoms with Crippen molar-refractivity contribution in [3.05, 3.63) is 28.5 Å². The molecular formula is C8H10S2. The molecule has 10 heavy (non-hydrogen) atoms. The van der Waals surface area contributed by atoms with Gasteiger partial charge in [0.05, 0.1) is 0 Å². The van der Waals surface area contributed by atoms with E-state index in [1.807, 2.05) is 17.8 Å². The maximum atomic E-state index is 3.70. The van der Waals surface area contributed by atoms with Crippen molar-refractivity contribution in [2.45, 2.75) is 5.75 Å². The van der Waals surface area contributed by atoms with Crippen molar-refractivity contribution in [1.82, 2.24) is 0 Å². The smallest absolute Gasteiger partial charge is 0.0276 e. The van der Waals surface area contributed by atoms with Crippen LogP contribution in [0.4, 0.5) is 0 Å². The first-order chi connectivity index (χ1) is 4.86. The molecule has 0 aromatic carbocycles. The molecule has 0 radical (unpaired) electrons. The minimum absolute atomic E-state index is 1.12. The van der Waals surface area contributed by atoms with Crippen LogP contribution in [0.2, 0.25) is 0 Å². The Kier molecular flexibility index (Phi) is 3.03. The minimum Gasteiger partial charge on any atom is -0.160 e. The molecule has 0 fully saturated rings. The van der Waals surface area contributed by atoms with Crippen molar-refractivity contribution in [3.63, 3.8) is 0 Å². The average Bonchev–Trinajstić information content (AvgIpc) is 2.37. The monoisotopic (exact) mass is 170 g/mol. The van der Waals surface area contributed by atoms with Gasteiger partial charge in [-0.05, 0) is 23.3 Å². The summed E-state index contributed by atoms with van der Waals surface area (Å²) in [4.78, 5) is 1.43. The molecular weight excluding hydrogens is 160 g/mol. The van der Waals surface area contributed by atoms with Crippen LogP contribution in [0.5, 0.6) is 0 Å². The summed E-state index contributed by atoms with van der Waals surface area (Å²) >= 11 is 3.66. The molecule has 0 saturated carbocycles. The first-order valence-electron chi connectivity index (χ1n) is 3.05. The van der Waals surface area contributed by atoms with Crippen LogP contribution < -0.4 is 0 Å². The van der Waals surface area contributed by atoms with Gasteiger partial charge in [-0.2, -0.15) is 11.8 Å². The van der Waals surface area contributed by atoms with Gasteiger partial charge in [0.2, 0.25) is 0 Å². The third-order valence-corrected chi connectivity index (χ3v) is 2.93. The summed E-state index contributed by atoms with van der Waals surface area (Å²) in [5.41, 5.74) is 1.24. The van der Waals surface area contributed by atoms with E-state index in [0.717, 1.165) is 5.75 Å². The van der Waals surface area contributed by atoms with Gasteiger partial charge in [0.15, 0.2) is 0 Å².